The van der Waals surface area contributed by atoms with Crippen LogP contribution in [0.3, 0.4) is 0 Å². The van der Waals surface area contributed by atoms with Crippen LogP contribution in [0.2, 0.25) is 0 Å². The van der Waals surface area contributed by atoms with Gasteiger partial charge in [0.15, 0.2) is 0 Å². The fourth-order valence-corrected chi connectivity index (χ4v) is 3.14. The zero-order valence-electron chi connectivity index (χ0n) is 15.9. The fraction of sp³-hybridized carbons (Fsp3) is 0.0417. The lowest BCUT2D eigenvalue weighted by molar-refractivity contribution is -0.114. The Balaban J connectivity index is 1.86. The molecule has 4 rings (SSSR count). The number of nitrogens with zero attached hydrogens (tertiary/aromatic N) is 2. The molecule has 1 amide bonds. The van der Waals surface area contributed by atoms with E-state index in [0.29, 0.717) is 28.1 Å². The lowest BCUT2D eigenvalue weighted by atomic mass is 10.2. The molecule has 0 saturated carbocycles. The summed E-state index contributed by atoms with van der Waals surface area (Å²) in [7, 11) is 0. The summed E-state index contributed by atoms with van der Waals surface area (Å²) in [5, 5.41) is 3.28. The minimum atomic E-state index is -0.145. The van der Waals surface area contributed by atoms with Crippen LogP contribution in [0.15, 0.2) is 83.7 Å². The maximum Gasteiger partial charge on any atom is 0.266 e. The van der Waals surface area contributed by atoms with Crippen LogP contribution in [0.25, 0.3) is 28.7 Å². The summed E-state index contributed by atoms with van der Waals surface area (Å²) in [6, 6.07) is 24.3. The van der Waals surface area contributed by atoms with Crippen LogP contribution in [0, 0.1) is 0 Å². The van der Waals surface area contributed by atoms with Gasteiger partial charge in [-0.1, -0.05) is 48.5 Å². The minimum Gasteiger partial charge on any atom is -0.326 e. The van der Waals surface area contributed by atoms with Gasteiger partial charge in [0.2, 0.25) is 5.91 Å². The molecule has 5 nitrogen and oxygen atoms in total. The highest BCUT2D eigenvalue weighted by Crippen LogP contribution is 2.17. The van der Waals surface area contributed by atoms with Crippen molar-refractivity contribution in [2.45, 2.75) is 6.92 Å². The van der Waals surface area contributed by atoms with Crippen LogP contribution in [-0.4, -0.2) is 15.5 Å². The summed E-state index contributed by atoms with van der Waals surface area (Å²) in [6.45, 7) is 1.46. The van der Waals surface area contributed by atoms with Gasteiger partial charge in [0.05, 0.1) is 16.6 Å². The van der Waals surface area contributed by atoms with Gasteiger partial charge in [-0.15, -0.1) is 0 Å². The molecule has 5 heteroatoms. The molecule has 0 bridgehead atoms. The van der Waals surface area contributed by atoms with Crippen LogP contribution in [0.4, 0.5) is 5.69 Å². The SMILES string of the molecule is CC(=O)Nc1ccc(-n2c(C=Cc3ccccc3)nc3ccccc3c2=O)cc1. The monoisotopic (exact) mass is 381 g/mol. The maximum absolute atomic E-state index is 13.2. The quantitative estimate of drug-likeness (QED) is 0.565. The summed E-state index contributed by atoms with van der Waals surface area (Å²) >= 11 is 0. The van der Waals surface area contributed by atoms with Crippen LogP contribution < -0.4 is 10.9 Å². The number of carbonyl (C=O) groups excluding carboxylic acids is 1. The number of aromatic nitrogens is 2. The molecular weight excluding hydrogens is 362 g/mol. The maximum atomic E-state index is 13.2. The van der Waals surface area contributed by atoms with Gasteiger partial charge in [-0.2, -0.15) is 0 Å². The van der Waals surface area contributed by atoms with E-state index >= 15 is 0 Å². The van der Waals surface area contributed by atoms with Gasteiger partial charge in [-0.25, -0.2) is 4.98 Å². The molecule has 0 atom stereocenters. The first kappa shape index (κ1) is 18.4. The van der Waals surface area contributed by atoms with Gasteiger partial charge in [0.25, 0.3) is 5.56 Å². The van der Waals surface area contributed by atoms with Crippen molar-refractivity contribution in [1.29, 1.82) is 0 Å². The fourth-order valence-electron chi connectivity index (χ4n) is 3.14. The second kappa shape index (κ2) is 7.94. The Kier molecular flexibility index (Phi) is 5.03. The van der Waals surface area contributed by atoms with Crippen molar-refractivity contribution < 1.29 is 4.79 Å². The molecule has 29 heavy (non-hydrogen) atoms. The number of fused-ring (bicyclic) bond motifs is 1. The molecule has 0 aliphatic heterocycles. The number of amides is 1. The summed E-state index contributed by atoms with van der Waals surface area (Å²) in [5.41, 5.74) is 2.87. The third kappa shape index (κ3) is 3.99. The average molecular weight is 381 g/mol. The third-order valence-corrected chi connectivity index (χ3v) is 4.47. The minimum absolute atomic E-state index is 0.143. The van der Waals surface area contributed by atoms with Gasteiger partial charge < -0.3 is 5.32 Å². The van der Waals surface area contributed by atoms with E-state index in [1.807, 2.05) is 60.7 Å². The van der Waals surface area contributed by atoms with Crippen molar-refractivity contribution >= 4 is 34.6 Å². The Morgan fingerprint density at radius 2 is 1.59 bits per heavy atom. The van der Waals surface area contributed by atoms with Gasteiger partial charge in [0.1, 0.15) is 5.82 Å². The number of hydrogen-bond acceptors (Lipinski definition) is 3. The summed E-state index contributed by atoms with van der Waals surface area (Å²) in [5.74, 6) is 0.388. The Bertz CT molecular complexity index is 1260. The van der Waals surface area contributed by atoms with E-state index in [0.717, 1.165) is 5.56 Å². The van der Waals surface area contributed by atoms with Crippen LogP contribution >= 0.6 is 0 Å². The van der Waals surface area contributed by atoms with E-state index in [2.05, 4.69) is 5.32 Å². The number of carbonyl (C=O) groups is 1. The average Bonchev–Trinajstić information content (AvgIpc) is 2.74. The normalized spacial score (nSPS) is 11.1. The Morgan fingerprint density at radius 3 is 2.31 bits per heavy atom. The lowest BCUT2D eigenvalue weighted by Crippen LogP contribution is -2.22. The molecule has 1 aromatic heterocycles. The van der Waals surface area contributed by atoms with Crippen molar-refractivity contribution in [2.24, 2.45) is 0 Å². The Labute approximate surface area is 168 Å². The molecule has 0 unspecified atom stereocenters. The molecule has 1 N–H and O–H groups in total. The van der Waals surface area contributed by atoms with Gasteiger partial charge in [-0.3, -0.25) is 14.2 Å². The first-order valence-electron chi connectivity index (χ1n) is 9.25. The Hall–Kier alpha value is -3.99. The number of anilines is 1. The molecule has 0 fully saturated rings. The van der Waals surface area contributed by atoms with Gasteiger partial charge in [-0.05, 0) is 48.0 Å². The predicted octanol–water partition coefficient (Wildman–Crippen LogP) is 4.51. The number of benzene rings is 3. The lowest BCUT2D eigenvalue weighted by Gasteiger charge is -2.12. The number of nitrogens with one attached hydrogen (secondary N) is 1. The number of hydrogen-bond donors (Lipinski definition) is 1. The summed E-state index contributed by atoms with van der Waals surface area (Å²) in [6.07, 6.45) is 3.77. The molecule has 0 spiro atoms. The zero-order chi connectivity index (χ0) is 20.2. The Morgan fingerprint density at radius 1 is 0.897 bits per heavy atom. The summed E-state index contributed by atoms with van der Waals surface area (Å²) < 4.78 is 1.58. The van der Waals surface area contributed by atoms with Crippen LogP contribution in [0.5, 0.6) is 0 Å². The molecule has 142 valence electrons. The van der Waals surface area contributed by atoms with E-state index in [1.165, 1.54) is 6.92 Å². The zero-order valence-corrected chi connectivity index (χ0v) is 15.9. The molecule has 4 aromatic rings. The first-order valence-corrected chi connectivity index (χ1v) is 9.25. The van der Waals surface area contributed by atoms with E-state index in [-0.39, 0.29) is 11.5 Å². The van der Waals surface area contributed by atoms with E-state index in [9.17, 15) is 9.59 Å². The van der Waals surface area contributed by atoms with Crippen LogP contribution in [-0.2, 0) is 4.79 Å². The molecule has 0 aliphatic carbocycles. The second-order valence-corrected chi connectivity index (χ2v) is 6.60. The molecular formula is C24H19N3O2. The number of para-hydroxylation sites is 1. The molecule has 3 aromatic carbocycles. The topological polar surface area (TPSA) is 64.0 Å². The van der Waals surface area contributed by atoms with Crippen molar-refractivity contribution in [3.05, 3.63) is 101 Å². The highest BCUT2D eigenvalue weighted by molar-refractivity contribution is 5.88. The standard InChI is InChI=1S/C24H19N3O2/c1-17(28)25-19-12-14-20(15-13-19)27-23(16-11-18-7-3-2-4-8-18)26-22-10-6-5-9-21(22)24(27)29/h2-16H,1H3,(H,25,28). The van der Waals surface area contributed by atoms with Gasteiger partial charge in [0, 0.05) is 12.6 Å². The third-order valence-electron chi connectivity index (χ3n) is 4.47. The largest absolute Gasteiger partial charge is 0.326 e. The van der Waals surface area contributed by atoms with Crippen molar-refractivity contribution in [1.82, 2.24) is 9.55 Å². The van der Waals surface area contributed by atoms with Crippen molar-refractivity contribution in [2.75, 3.05) is 5.32 Å². The smallest absolute Gasteiger partial charge is 0.266 e. The summed E-state index contributed by atoms with van der Waals surface area (Å²) in [4.78, 5) is 29.2. The van der Waals surface area contributed by atoms with E-state index in [4.69, 9.17) is 4.98 Å². The number of rotatable bonds is 4. The molecule has 0 aliphatic rings. The second-order valence-electron chi connectivity index (χ2n) is 6.60. The highest BCUT2D eigenvalue weighted by atomic mass is 16.1. The highest BCUT2D eigenvalue weighted by Gasteiger charge is 2.11. The van der Waals surface area contributed by atoms with E-state index in [1.54, 1.807) is 34.9 Å². The molecule has 0 saturated heterocycles. The van der Waals surface area contributed by atoms with E-state index < -0.39 is 0 Å². The first-order chi connectivity index (χ1) is 14.1. The van der Waals surface area contributed by atoms with Crippen molar-refractivity contribution in [3.8, 4) is 5.69 Å². The molecule has 0 radical (unpaired) electrons. The molecule has 1 heterocycles. The van der Waals surface area contributed by atoms with Crippen molar-refractivity contribution in [3.63, 3.8) is 0 Å². The van der Waals surface area contributed by atoms with Gasteiger partial charge >= 0.3 is 0 Å². The predicted molar refractivity (Wildman–Crippen MR) is 117 cm³/mol. The van der Waals surface area contributed by atoms with Crippen LogP contribution in [0.1, 0.15) is 18.3 Å².